The monoisotopic (exact) mass is 317 g/mol. The van der Waals surface area contributed by atoms with E-state index in [2.05, 4.69) is 23.2 Å². The molecule has 1 aromatic heterocycles. The third kappa shape index (κ3) is 2.83. The SMILES string of the molecule is O=C(c1ccccc1)N1Cc2ccccc2C[C@H]1Cn1ccnc1. The molecule has 4 nitrogen and oxygen atoms in total. The van der Waals surface area contributed by atoms with Crippen LogP contribution in [-0.4, -0.2) is 26.4 Å². The van der Waals surface area contributed by atoms with E-state index < -0.39 is 0 Å². The summed E-state index contributed by atoms with van der Waals surface area (Å²) >= 11 is 0. The molecule has 120 valence electrons. The number of hydrogen-bond acceptors (Lipinski definition) is 2. The fraction of sp³-hybridized carbons (Fsp3) is 0.200. The number of imidazole rings is 1. The highest BCUT2D eigenvalue weighted by molar-refractivity contribution is 5.94. The van der Waals surface area contributed by atoms with Gasteiger partial charge in [0.05, 0.1) is 12.4 Å². The van der Waals surface area contributed by atoms with Crippen LogP contribution >= 0.6 is 0 Å². The van der Waals surface area contributed by atoms with Crippen LogP contribution in [0.5, 0.6) is 0 Å². The molecule has 4 heteroatoms. The van der Waals surface area contributed by atoms with Gasteiger partial charge in [-0.1, -0.05) is 42.5 Å². The summed E-state index contributed by atoms with van der Waals surface area (Å²) < 4.78 is 2.05. The lowest BCUT2D eigenvalue weighted by atomic mass is 9.93. The third-order valence-corrected chi connectivity index (χ3v) is 4.62. The number of rotatable bonds is 3. The van der Waals surface area contributed by atoms with Gasteiger partial charge in [0.2, 0.25) is 0 Å². The van der Waals surface area contributed by atoms with E-state index in [9.17, 15) is 4.79 Å². The molecule has 3 aromatic rings. The molecule has 1 aliphatic heterocycles. The van der Waals surface area contributed by atoms with Crippen molar-refractivity contribution in [3.63, 3.8) is 0 Å². The Hall–Kier alpha value is -2.88. The first-order chi connectivity index (χ1) is 11.8. The Balaban J connectivity index is 1.67. The Morgan fingerprint density at radius 2 is 1.79 bits per heavy atom. The molecular formula is C20H19N3O. The zero-order valence-electron chi connectivity index (χ0n) is 13.4. The molecule has 0 bridgehead atoms. The zero-order valence-corrected chi connectivity index (χ0v) is 13.4. The summed E-state index contributed by atoms with van der Waals surface area (Å²) in [5, 5.41) is 0. The molecule has 24 heavy (non-hydrogen) atoms. The molecule has 0 N–H and O–H groups in total. The van der Waals surface area contributed by atoms with Crippen molar-refractivity contribution in [2.45, 2.75) is 25.6 Å². The Morgan fingerprint density at radius 1 is 1.04 bits per heavy atom. The normalized spacial score (nSPS) is 16.7. The largest absolute Gasteiger partial charge is 0.335 e. The second-order valence-corrected chi connectivity index (χ2v) is 6.19. The Morgan fingerprint density at radius 3 is 2.54 bits per heavy atom. The van der Waals surface area contributed by atoms with Crippen LogP contribution in [0.2, 0.25) is 0 Å². The lowest BCUT2D eigenvalue weighted by molar-refractivity contribution is 0.0618. The van der Waals surface area contributed by atoms with Crippen LogP contribution in [0.4, 0.5) is 0 Å². The highest BCUT2D eigenvalue weighted by atomic mass is 16.2. The molecule has 0 unspecified atom stereocenters. The van der Waals surface area contributed by atoms with Crippen LogP contribution in [-0.2, 0) is 19.5 Å². The number of amides is 1. The predicted octanol–water partition coefficient (Wildman–Crippen LogP) is 3.15. The zero-order chi connectivity index (χ0) is 16.4. The molecule has 2 heterocycles. The Labute approximate surface area is 141 Å². The molecule has 0 spiro atoms. The number of carbonyl (C=O) groups excluding carboxylic acids is 1. The highest BCUT2D eigenvalue weighted by Crippen LogP contribution is 2.26. The maximum absolute atomic E-state index is 13.0. The van der Waals surface area contributed by atoms with Crippen LogP contribution < -0.4 is 0 Å². The van der Waals surface area contributed by atoms with Gasteiger partial charge in [0.1, 0.15) is 0 Å². The Bertz CT molecular complexity index is 827. The topological polar surface area (TPSA) is 38.1 Å². The van der Waals surface area contributed by atoms with Gasteiger partial charge in [-0.15, -0.1) is 0 Å². The highest BCUT2D eigenvalue weighted by Gasteiger charge is 2.30. The maximum atomic E-state index is 13.0. The van der Waals surface area contributed by atoms with Crippen LogP contribution in [0.15, 0.2) is 73.3 Å². The summed E-state index contributed by atoms with van der Waals surface area (Å²) in [6.07, 6.45) is 6.41. The first kappa shape index (κ1) is 14.7. The molecular weight excluding hydrogens is 298 g/mol. The first-order valence-corrected chi connectivity index (χ1v) is 8.20. The number of carbonyl (C=O) groups is 1. The fourth-order valence-corrected chi connectivity index (χ4v) is 3.37. The van der Waals surface area contributed by atoms with Crippen molar-refractivity contribution >= 4 is 5.91 Å². The summed E-state index contributed by atoms with van der Waals surface area (Å²) in [7, 11) is 0. The Kier molecular flexibility index (Phi) is 3.87. The van der Waals surface area contributed by atoms with Gasteiger partial charge in [0.25, 0.3) is 5.91 Å². The van der Waals surface area contributed by atoms with Crippen LogP contribution in [0.3, 0.4) is 0 Å². The molecule has 4 rings (SSSR count). The van der Waals surface area contributed by atoms with Gasteiger partial charge in [-0.05, 0) is 29.7 Å². The summed E-state index contributed by atoms with van der Waals surface area (Å²) in [6, 6.07) is 18.1. The minimum Gasteiger partial charge on any atom is -0.335 e. The molecule has 0 saturated carbocycles. The maximum Gasteiger partial charge on any atom is 0.254 e. The van der Waals surface area contributed by atoms with Gasteiger partial charge >= 0.3 is 0 Å². The second kappa shape index (κ2) is 6.32. The average molecular weight is 317 g/mol. The van der Waals surface area contributed by atoms with Crippen LogP contribution in [0, 0.1) is 0 Å². The lowest BCUT2D eigenvalue weighted by Crippen LogP contribution is -2.46. The predicted molar refractivity (Wildman–Crippen MR) is 92.5 cm³/mol. The van der Waals surface area contributed by atoms with Gasteiger partial charge in [-0.25, -0.2) is 4.98 Å². The second-order valence-electron chi connectivity index (χ2n) is 6.19. The van der Waals surface area contributed by atoms with E-state index in [4.69, 9.17) is 0 Å². The molecule has 1 aliphatic rings. The van der Waals surface area contributed by atoms with Gasteiger partial charge in [0.15, 0.2) is 0 Å². The van der Waals surface area contributed by atoms with Gasteiger partial charge in [-0.3, -0.25) is 4.79 Å². The van der Waals surface area contributed by atoms with E-state index in [1.54, 1.807) is 6.20 Å². The number of aromatic nitrogens is 2. The number of hydrogen-bond donors (Lipinski definition) is 0. The van der Waals surface area contributed by atoms with E-state index in [1.165, 1.54) is 11.1 Å². The fourth-order valence-electron chi connectivity index (χ4n) is 3.37. The molecule has 1 amide bonds. The molecule has 2 aromatic carbocycles. The summed E-state index contributed by atoms with van der Waals surface area (Å²) in [5.41, 5.74) is 3.32. The quantitative estimate of drug-likeness (QED) is 0.744. The van der Waals surface area contributed by atoms with E-state index in [0.29, 0.717) is 6.54 Å². The number of nitrogens with zero attached hydrogens (tertiary/aromatic N) is 3. The lowest BCUT2D eigenvalue weighted by Gasteiger charge is -2.37. The van der Waals surface area contributed by atoms with Crippen molar-refractivity contribution < 1.29 is 4.79 Å². The smallest absolute Gasteiger partial charge is 0.254 e. The minimum absolute atomic E-state index is 0.0928. The van der Waals surface area contributed by atoms with E-state index >= 15 is 0 Å². The average Bonchev–Trinajstić information content (AvgIpc) is 3.14. The summed E-state index contributed by atoms with van der Waals surface area (Å²) in [5.74, 6) is 0.0928. The molecule has 1 atom stereocenters. The van der Waals surface area contributed by atoms with Crippen molar-refractivity contribution in [2.24, 2.45) is 0 Å². The van der Waals surface area contributed by atoms with Crippen molar-refractivity contribution in [3.8, 4) is 0 Å². The first-order valence-electron chi connectivity index (χ1n) is 8.20. The molecule has 0 saturated heterocycles. The third-order valence-electron chi connectivity index (χ3n) is 4.62. The van der Waals surface area contributed by atoms with E-state index in [0.717, 1.165) is 18.5 Å². The van der Waals surface area contributed by atoms with Crippen molar-refractivity contribution in [2.75, 3.05) is 0 Å². The van der Waals surface area contributed by atoms with Gasteiger partial charge in [-0.2, -0.15) is 0 Å². The molecule has 0 aliphatic carbocycles. The minimum atomic E-state index is 0.0928. The number of benzene rings is 2. The van der Waals surface area contributed by atoms with Crippen molar-refractivity contribution in [1.29, 1.82) is 0 Å². The summed E-state index contributed by atoms with van der Waals surface area (Å²) in [4.78, 5) is 19.2. The standard InChI is InChI=1S/C20H19N3O/c24-20(16-6-2-1-3-7-16)23-13-18-9-5-4-8-17(18)12-19(23)14-22-11-10-21-15-22/h1-11,15,19H,12-14H2/t19-/m0/s1. The van der Waals surface area contributed by atoms with Gasteiger partial charge in [0, 0.05) is 31.0 Å². The number of fused-ring (bicyclic) bond motifs is 1. The van der Waals surface area contributed by atoms with Crippen molar-refractivity contribution in [3.05, 3.63) is 90.0 Å². The molecule has 0 fully saturated rings. The van der Waals surface area contributed by atoms with Crippen LogP contribution in [0.25, 0.3) is 0 Å². The van der Waals surface area contributed by atoms with E-state index in [1.807, 2.05) is 58.4 Å². The van der Waals surface area contributed by atoms with E-state index in [-0.39, 0.29) is 11.9 Å². The van der Waals surface area contributed by atoms with Crippen molar-refractivity contribution in [1.82, 2.24) is 14.5 Å². The molecule has 0 radical (unpaired) electrons. The van der Waals surface area contributed by atoms with Gasteiger partial charge < -0.3 is 9.47 Å². The summed E-state index contributed by atoms with van der Waals surface area (Å²) in [6.45, 7) is 1.41. The van der Waals surface area contributed by atoms with Crippen LogP contribution in [0.1, 0.15) is 21.5 Å².